The van der Waals surface area contributed by atoms with Crippen molar-refractivity contribution in [1.29, 1.82) is 0 Å². The quantitative estimate of drug-likeness (QED) is 0.457. The number of aldehydes is 1. The van der Waals surface area contributed by atoms with E-state index in [1.54, 1.807) is 30.3 Å². The highest BCUT2D eigenvalue weighted by Gasteiger charge is 2.12. The zero-order chi connectivity index (χ0) is 16.8. The summed E-state index contributed by atoms with van der Waals surface area (Å²) in [7, 11) is 4.76. The maximum absolute atomic E-state index is 11.4. The van der Waals surface area contributed by atoms with Crippen LogP contribution in [0.3, 0.4) is 0 Å². The van der Waals surface area contributed by atoms with Crippen molar-refractivity contribution in [1.82, 2.24) is 0 Å². The van der Waals surface area contributed by atoms with Crippen molar-refractivity contribution >= 4 is 25.6 Å². The second kappa shape index (κ2) is 7.49. The Morgan fingerprint density at radius 3 is 2.48 bits per heavy atom. The molecule has 0 aromatic heterocycles. The first kappa shape index (κ1) is 16.6. The zero-order valence-electron chi connectivity index (χ0n) is 13.3. The van der Waals surface area contributed by atoms with Crippen LogP contribution in [-0.4, -0.2) is 34.3 Å². The van der Waals surface area contributed by atoms with Gasteiger partial charge in [0.25, 0.3) is 0 Å². The number of methoxy groups -OCH3 is 2. The number of hydrogen-bond acceptors (Lipinski definition) is 5. The normalized spacial score (nSPS) is 10.0. The van der Waals surface area contributed by atoms with Crippen LogP contribution in [0.25, 0.3) is 0 Å². The first-order valence-electron chi connectivity index (χ1n) is 7.04. The monoisotopic (exact) mass is 312 g/mol. The van der Waals surface area contributed by atoms with E-state index >= 15 is 0 Å². The summed E-state index contributed by atoms with van der Waals surface area (Å²) in [5, 5.41) is 0. The van der Waals surface area contributed by atoms with Crippen molar-refractivity contribution < 1.29 is 23.8 Å². The van der Waals surface area contributed by atoms with Gasteiger partial charge in [-0.15, -0.1) is 0 Å². The largest absolute Gasteiger partial charge is 0.493 e. The van der Waals surface area contributed by atoms with Crippen molar-refractivity contribution in [2.24, 2.45) is 0 Å². The highest BCUT2D eigenvalue weighted by atomic mass is 16.5. The van der Waals surface area contributed by atoms with Gasteiger partial charge in [0.1, 0.15) is 13.6 Å². The molecule has 0 saturated carbocycles. The number of benzene rings is 2. The highest BCUT2D eigenvalue weighted by molar-refractivity contribution is 6.32. The number of hydrogen-bond donors (Lipinski definition) is 0. The predicted molar refractivity (Wildman–Crippen MR) is 88.8 cm³/mol. The summed E-state index contributed by atoms with van der Waals surface area (Å²) in [5.74, 6) is 1.03. The van der Waals surface area contributed by atoms with E-state index in [-0.39, 0.29) is 12.4 Å². The molecule has 2 aromatic rings. The highest BCUT2D eigenvalue weighted by Crippen LogP contribution is 2.33. The van der Waals surface area contributed by atoms with E-state index < -0.39 is 0 Å². The van der Waals surface area contributed by atoms with Crippen LogP contribution >= 0.6 is 0 Å². The third kappa shape index (κ3) is 4.13. The van der Waals surface area contributed by atoms with Gasteiger partial charge < -0.3 is 14.2 Å². The van der Waals surface area contributed by atoms with E-state index in [4.69, 9.17) is 9.47 Å². The molecule has 0 N–H and O–H groups in total. The van der Waals surface area contributed by atoms with Crippen molar-refractivity contribution in [3.05, 3.63) is 47.5 Å². The first-order chi connectivity index (χ1) is 11.1. The Bertz CT molecular complexity index is 727. The van der Waals surface area contributed by atoms with Gasteiger partial charge in [0.2, 0.25) is 0 Å². The van der Waals surface area contributed by atoms with Gasteiger partial charge in [0, 0.05) is 0 Å². The molecule has 2 rings (SSSR count). The minimum Gasteiger partial charge on any atom is -0.493 e. The number of rotatable bonds is 6. The first-order valence-corrected chi connectivity index (χ1v) is 7.04. The van der Waals surface area contributed by atoms with Gasteiger partial charge in [-0.2, -0.15) is 0 Å². The summed E-state index contributed by atoms with van der Waals surface area (Å²) in [4.78, 5) is 22.6. The molecule has 0 bridgehead atoms. The molecule has 5 nitrogen and oxygen atoms in total. The molecular formula is C17H17BO5. The standard InChI is InChI=1S/C17H17BO5/c1-21-15-5-3-11(8-17(20)22-2)7-16(15)23-14-6-4-13(18)9-12(14)10-19/h3-7,9-10H,8,18H2,1-2H3. The second-order valence-corrected chi connectivity index (χ2v) is 5.00. The van der Waals surface area contributed by atoms with Gasteiger partial charge in [-0.1, -0.05) is 23.7 Å². The number of ether oxygens (including phenoxy) is 3. The number of carbonyl (C=O) groups excluding carboxylic acids is 2. The van der Waals surface area contributed by atoms with E-state index in [1.165, 1.54) is 14.2 Å². The van der Waals surface area contributed by atoms with Gasteiger partial charge >= 0.3 is 5.97 Å². The Hall–Kier alpha value is -2.76. The third-order valence-corrected chi connectivity index (χ3v) is 3.32. The van der Waals surface area contributed by atoms with Crippen LogP contribution in [-0.2, 0) is 16.0 Å². The molecular weight excluding hydrogens is 295 g/mol. The molecule has 0 fully saturated rings. The van der Waals surface area contributed by atoms with E-state index in [9.17, 15) is 9.59 Å². The molecule has 6 heteroatoms. The fraction of sp³-hybridized carbons (Fsp3) is 0.176. The molecule has 0 amide bonds. The Morgan fingerprint density at radius 2 is 1.83 bits per heavy atom. The third-order valence-electron chi connectivity index (χ3n) is 3.32. The minimum atomic E-state index is -0.343. The maximum atomic E-state index is 11.4. The SMILES string of the molecule is Bc1ccc(Oc2cc(CC(=O)OC)ccc2OC)c(C=O)c1. The van der Waals surface area contributed by atoms with E-state index in [0.717, 1.165) is 17.3 Å². The topological polar surface area (TPSA) is 61.8 Å². The van der Waals surface area contributed by atoms with Crippen molar-refractivity contribution in [3.8, 4) is 17.2 Å². The molecule has 0 heterocycles. The van der Waals surface area contributed by atoms with Crippen LogP contribution in [0.1, 0.15) is 15.9 Å². The van der Waals surface area contributed by atoms with Crippen LogP contribution in [0.4, 0.5) is 0 Å². The lowest BCUT2D eigenvalue weighted by Crippen LogP contribution is -2.06. The predicted octanol–water partition coefficient (Wildman–Crippen LogP) is 1.27. The summed E-state index contributed by atoms with van der Waals surface area (Å²) < 4.78 is 15.8. The lowest BCUT2D eigenvalue weighted by atomic mass is 9.94. The molecule has 0 saturated heterocycles. The van der Waals surface area contributed by atoms with Crippen LogP contribution in [0.5, 0.6) is 17.2 Å². The van der Waals surface area contributed by atoms with E-state index in [0.29, 0.717) is 22.8 Å². The van der Waals surface area contributed by atoms with Crippen LogP contribution in [0, 0.1) is 0 Å². The average Bonchev–Trinajstić information content (AvgIpc) is 2.56. The van der Waals surface area contributed by atoms with Crippen molar-refractivity contribution in [2.45, 2.75) is 6.42 Å². The van der Waals surface area contributed by atoms with Gasteiger partial charge in [0.15, 0.2) is 17.8 Å². The van der Waals surface area contributed by atoms with Gasteiger partial charge in [0.05, 0.1) is 26.2 Å². The molecule has 0 unspecified atom stereocenters. The van der Waals surface area contributed by atoms with E-state index in [2.05, 4.69) is 4.74 Å². The molecule has 0 aliphatic rings. The Balaban J connectivity index is 2.35. The molecule has 0 aliphatic carbocycles. The Labute approximate surface area is 135 Å². The second-order valence-electron chi connectivity index (χ2n) is 5.00. The number of carbonyl (C=O) groups is 2. The fourth-order valence-corrected chi connectivity index (χ4v) is 2.12. The molecule has 0 radical (unpaired) electrons. The summed E-state index contributed by atoms with van der Waals surface area (Å²) in [6, 6.07) is 10.5. The average molecular weight is 312 g/mol. The van der Waals surface area contributed by atoms with E-state index in [1.807, 2.05) is 13.9 Å². The van der Waals surface area contributed by atoms with Gasteiger partial charge in [-0.25, -0.2) is 0 Å². The summed E-state index contributed by atoms with van der Waals surface area (Å²) in [6.07, 6.45) is 0.873. The Morgan fingerprint density at radius 1 is 1.09 bits per heavy atom. The Kier molecular flexibility index (Phi) is 5.41. The van der Waals surface area contributed by atoms with Gasteiger partial charge in [-0.3, -0.25) is 9.59 Å². The molecule has 118 valence electrons. The summed E-state index contributed by atoms with van der Waals surface area (Å²) in [5.41, 5.74) is 2.14. The lowest BCUT2D eigenvalue weighted by Gasteiger charge is -2.13. The van der Waals surface area contributed by atoms with Crippen LogP contribution in [0.2, 0.25) is 0 Å². The fourth-order valence-electron chi connectivity index (χ4n) is 2.12. The van der Waals surface area contributed by atoms with Crippen molar-refractivity contribution in [2.75, 3.05) is 14.2 Å². The smallest absolute Gasteiger partial charge is 0.309 e. The zero-order valence-corrected chi connectivity index (χ0v) is 13.3. The van der Waals surface area contributed by atoms with Gasteiger partial charge in [-0.05, 0) is 23.8 Å². The summed E-state index contributed by atoms with van der Waals surface area (Å²) >= 11 is 0. The number of esters is 1. The molecule has 0 atom stereocenters. The minimum absolute atomic E-state index is 0.130. The lowest BCUT2D eigenvalue weighted by molar-refractivity contribution is -0.139. The van der Waals surface area contributed by atoms with Crippen LogP contribution < -0.4 is 14.9 Å². The summed E-state index contributed by atoms with van der Waals surface area (Å²) in [6.45, 7) is 0. The molecule has 2 aromatic carbocycles. The molecule has 0 spiro atoms. The maximum Gasteiger partial charge on any atom is 0.309 e. The van der Waals surface area contributed by atoms with Crippen LogP contribution in [0.15, 0.2) is 36.4 Å². The van der Waals surface area contributed by atoms with Crippen molar-refractivity contribution in [3.63, 3.8) is 0 Å². The molecule has 0 aliphatic heterocycles. The molecule has 23 heavy (non-hydrogen) atoms.